The first-order valence-corrected chi connectivity index (χ1v) is 7.85. The molecule has 0 aliphatic heterocycles. The Morgan fingerprint density at radius 3 is 1.96 bits per heavy atom. The Hall–Kier alpha value is -2.13. The Morgan fingerprint density at radius 1 is 0.920 bits per heavy atom. The number of hydrogen-bond donors (Lipinski definition) is 0. The molecule has 3 nitrogen and oxygen atoms in total. The van der Waals surface area contributed by atoms with Crippen molar-refractivity contribution in [2.45, 2.75) is 26.4 Å². The number of carbonyl (C=O) groups excluding carboxylic acids is 1. The summed E-state index contributed by atoms with van der Waals surface area (Å²) in [6.07, 6.45) is 0. The van der Waals surface area contributed by atoms with Crippen LogP contribution in [0.3, 0.4) is 0 Å². The van der Waals surface area contributed by atoms with Crippen molar-refractivity contribution in [1.29, 1.82) is 0 Å². The smallest absolute Gasteiger partial charge is 0.136 e. The van der Waals surface area contributed by atoms with Gasteiger partial charge in [0.05, 0.1) is 0 Å². The van der Waals surface area contributed by atoms with Crippen LogP contribution in [0.25, 0.3) is 0 Å². The van der Waals surface area contributed by atoms with Crippen LogP contribution in [0, 0.1) is 0 Å². The van der Waals surface area contributed by atoms with E-state index in [-0.39, 0.29) is 22.9 Å². The number of para-hydroxylation sites is 1. The van der Waals surface area contributed by atoms with Crippen molar-refractivity contribution in [1.82, 2.24) is 0 Å². The van der Waals surface area contributed by atoms with E-state index in [4.69, 9.17) is 9.78 Å². The van der Waals surface area contributed by atoms with Crippen LogP contribution in [0.2, 0.25) is 0 Å². The predicted octanol–water partition coefficient (Wildman–Crippen LogP) is 5.15. The molecule has 0 amide bonds. The van der Waals surface area contributed by atoms with E-state index in [0.717, 1.165) is 0 Å². The molecule has 0 spiro atoms. The molecule has 0 bridgehead atoms. The Morgan fingerprint density at radius 2 is 1.44 bits per heavy atom. The average molecular weight is 378 g/mol. The zero-order valence-corrected chi connectivity index (χ0v) is 15.7. The first-order valence-electron chi connectivity index (χ1n) is 7.85. The molecule has 0 aromatic heterocycles. The molecule has 3 rings (SSSR count). The normalized spacial score (nSPS) is 10.2. The second-order valence-electron chi connectivity index (χ2n) is 6.24. The summed E-state index contributed by atoms with van der Waals surface area (Å²) in [5.41, 5.74) is 0.709. The number of ketones is 1. The first-order chi connectivity index (χ1) is 11.5. The van der Waals surface area contributed by atoms with Gasteiger partial charge in [0.2, 0.25) is 0 Å². The van der Waals surface area contributed by atoms with E-state index in [1.165, 1.54) is 0 Å². The van der Waals surface area contributed by atoms with Crippen LogP contribution in [0.4, 0.5) is 0 Å². The van der Waals surface area contributed by atoms with Crippen molar-refractivity contribution < 1.29 is 31.6 Å². The second kappa shape index (κ2) is 10.00. The molecule has 0 aliphatic carbocycles. The summed E-state index contributed by atoms with van der Waals surface area (Å²) < 4.78 is 0. The number of carbonyl (C=O) groups is 1. The average Bonchev–Trinajstić information content (AvgIpc) is 3.27. The van der Waals surface area contributed by atoms with Gasteiger partial charge in [0.25, 0.3) is 0 Å². The second-order valence-corrected chi connectivity index (χ2v) is 6.24. The van der Waals surface area contributed by atoms with Gasteiger partial charge in [0.1, 0.15) is 17.1 Å². The van der Waals surface area contributed by atoms with E-state index in [0.29, 0.717) is 16.9 Å². The topological polar surface area (TPSA) is 35.5 Å². The summed E-state index contributed by atoms with van der Waals surface area (Å²) in [6.45, 7) is 5.65. The van der Waals surface area contributed by atoms with Crippen LogP contribution in [0.15, 0.2) is 78.9 Å². The van der Waals surface area contributed by atoms with Gasteiger partial charge in [0, 0.05) is 17.1 Å². The van der Waals surface area contributed by atoms with Crippen LogP contribution in [-0.4, -0.2) is 11.4 Å². The third-order valence-electron chi connectivity index (χ3n) is 2.99. The van der Waals surface area contributed by atoms with Crippen LogP contribution < -0.4 is 4.89 Å². The van der Waals surface area contributed by atoms with E-state index in [1.54, 1.807) is 30.3 Å². The summed E-state index contributed by atoms with van der Waals surface area (Å²) in [7, 11) is 0. The fraction of sp³-hybridized carbons (Fsp3) is 0.190. The molecule has 0 aliphatic rings. The van der Waals surface area contributed by atoms with Crippen LogP contribution in [0.1, 0.15) is 36.7 Å². The van der Waals surface area contributed by atoms with Crippen molar-refractivity contribution in [2.75, 3.05) is 0 Å². The van der Waals surface area contributed by atoms with Crippen molar-refractivity contribution in [2.24, 2.45) is 0 Å². The molecule has 0 saturated carbocycles. The third kappa shape index (κ3) is 7.10. The van der Waals surface area contributed by atoms with E-state index < -0.39 is 5.60 Å². The molecule has 138 valence electrons. The zero-order chi connectivity index (χ0) is 17.4. The van der Waals surface area contributed by atoms with Crippen LogP contribution in [0.5, 0.6) is 5.75 Å². The van der Waals surface area contributed by atoms with E-state index >= 15 is 0 Å². The van der Waals surface area contributed by atoms with E-state index in [2.05, 4.69) is 0 Å². The Bertz CT molecular complexity index is 706. The molecule has 3 aromatic carbocycles. The SMILES string of the molecule is CC(C)(C)OOc1ccccc1C(=O)[c-]1cccc1.[Fe].[cH-]1[cH-][cH-][cH-][cH-]1. The van der Waals surface area contributed by atoms with Crippen molar-refractivity contribution >= 4 is 5.78 Å². The minimum atomic E-state index is -0.434. The summed E-state index contributed by atoms with van der Waals surface area (Å²) in [5, 5.41) is 0. The molecule has 0 fully saturated rings. The molecular weight excluding hydrogens is 356 g/mol. The molecule has 4 heteroatoms. The van der Waals surface area contributed by atoms with Gasteiger partial charge < -0.3 is 40.0 Å². The molecule has 0 saturated heterocycles. The molecule has 3 aromatic rings. The summed E-state index contributed by atoms with van der Waals surface area (Å²) >= 11 is 0. The van der Waals surface area contributed by atoms with Gasteiger partial charge in [-0.3, -0.25) is 0 Å². The van der Waals surface area contributed by atoms with Gasteiger partial charge in [-0.2, -0.15) is 17.0 Å². The van der Waals surface area contributed by atoms with Gasteiger partial charge in [-0.15, -0.1) is 12.1 Å². The fourth-order valence-electron chi connectivity index (χ4n) is 1.90. The van der Waals surface area contributed by atoms with Gasteiger partial charge in [0.15, 0.2) is 0 Å². The Labute approximate surface area is 159 Å². The van der Waals surface area contributed by atoms with E-state index in [9.17, 15) is 4.79 Å². The van der Waals surface area contributed by atoms with Crippen molar-refractivity contribution in [3.8, 4) is 5.75 Å². The van der Waals surface area contributed by atoms with Crippen molar-refractivity contribution in [3.63, 3.8) is 0 Å². The minimum Gasteiger partial charge on any atom is -0.748 e. The minimum absolute atomic E-state index is 0. The monoisotopic (exact) mass is 378 g/mol. The predicted molar refractivity (Wildman–Crippen MR) is 95.4 cm³/mol. The fourth-order valence-corrected chi connectivity index (χ4v) is 1.90. The largest absolute Gasteiger partial charge is 0.748 e. The Kier molecular flexibility index (Phi) is 8.36. The zero-order valence-electron chi connectivity index (χ0n) is 14.6. The van der Waals surface area contributed by atoms with Crippen LogP contribution >= 0.6 is 0 Å². The van der Waals surface area contributed by atoms with E-state index in [1.807, 2.05) is 69.3 Å². The van der Waals surface area contributed by atoms with Gasteiger partial charge in [-0.25, -0.2) is 0 Å². The Balaban J connectivity index is 0.000000448. The van der Waals surface area contributed by atoms with Gasteiger partial charge in [-0.1, -0.05) is 23.8 Å². The molecule has 0 radical (unpaired) electrons. The summed E-state index contributed by atoms with van der Waals surface area (Å²) in [4.78, 5) is 22.9. The maximum atomic E-state index is 12.3. The molecule has 0 unspecified atom stereocenters. The molecular formula is C21H22FeO3-6. The number of benzene rings is 1. The molecule has 0 N–H and O–H groups in total. The quantitative estimate of drug-likeness (QED) is 0.207. The number of hydrogen-bond acceptors (Lipinski definition) is 3. The maximum absolute atomic E-state index is 12.3. The molecule has 0 heterocycles. The maximum Gasteiger partial charge on any atom is 0.136 e. The standard InChI is InChI=1S/C16H17O3.C5H5.Fe/c1-16(2,3)19-18-14-11-7-6-10-13(14)15(17)12-8-4-5-9-12;1-2-4-5-3-1;/h4-11H,1-3H3;1-5H;/q-1;-5;. The summed E-state index contributed by atoms with van der Waals surface area (Å²) in [5.74, 6) is 0.363. The van der Waals surface area contributed by atoms with Gasteiger partial charge in [-0.05, 0) is 32.4 Å². The summed E-state index contributed by atoms with van der Waals surface area (Å²) in [6, 6.07) is 24.3. The van der Waals surface area contributed by atoms with Crippen LogP contribution in [-0.2, 0) is 22.0 Å². The third-order valence-corrected chi connectivity index (χ3v) is 2.99. The van der Waals surface area contributed by atoms with Gasteiger partial charge >= 0.3 is 0 Å². The number of rotatable bonds is 4. The van der Waals surface area contributed by atoms with Crippen molar-refractivity contribution in [3.05, 3.63) is 90.0 Å². The molecule has 25 heavy (non-hydrogen) atoms. The molecule has 0 atom stereocenters. The first kappa shape index (κ1) is 20.9.